The van der Waals surface area contributed by atoms with E-state index in [1.54, 1.807) is 56.3 Å². The van der Waals surface area contributed by atoms with Crippen molar-refractivity contribution in [3.05, 3.63) is 83.2 Å². The Morgan fingerprint density at radius 1 is 0.839 bits per heavy atom. The normalized spacial score (nSPS) is 13.4. The molecule has 0 bridgehead atoms. The molecule has 0 atom stereocenters. The predicted molar refractivity (Wildman–Crippen MR) is 116 cm³/mol. The number of aryl methyl sites for hydroxylation is 2. The highest BCUT2D eigenvalue weighted by Gasteiger charge is 2.25. The fraction of sp³-hybridized carbons (Fsp3) is 0.0909. The number of nitrogens with one attached hydrogen (secondary N) is 2. The summed E-state index contributed by atoms with van der Waals surface area (Å²) in [4.78, 5) is 32.3. The van der Waals surface area contributed by atoms with E-state index in [2.05, 4.69) is 20.0 Å². The minimum absolute atomic E-state index is 0.00634. The Kier molecular flexibility index (Phi) is 5.12. The number of aromatic nitrogens is 2. The molecule has 0 saturated carbocycles. The van der Waals surface area contributed by atoms with Gasteiger partial charge in [0.15, 0.2) is 0 Å². The average Bonchev–Trinajstić information content (AvgIpc) is 2.71. The lowest BCUT2D eigenvalue weighted by atomic mass is 9.93. The van der Waals surface area contributed by atoms with E-state index >= 15 is 0 Å². The zero-order valence-corrected chi connectivity index (χ0v) is 17.5. The molecule has 1 heterocycles. The topological polar surface area (TPSA) is 118 Å². The Morgan fingerprint density at radius 3 is 2.10 bits per heavy atom. The Labute approximate surface area is 179 Å². The maximum atomic E-state index is 12.7. The minimum Gasteiger partial charge on any atom is -0.355 e. The second-order valence-corrected chi connectivity index (χ2v) is 8.71. The number of fused-ring (bicyclic) bond motifs is 1. The van der Waals surface area contributed by atoms with Crippen molar-refractivity contribution in [3.63, 3.8) is 0 Å². The van der Waals surface area contributed by atoms with Crippen LogP contribution in [0.5, 0.6) is 0 Å². The lowest BCUT2D eigenvalue weighted by Crippen LogP contribution is -2.21. The Balaban J connectivity index is 1.57. The molecule has 0 unspecified atom stereocenters. The van der Waals surface area contributed by atoms with Crippen molar-refractivity contribution in [1.82, 2.24) is 9.97 Å². The van der Waals surface area contributed by atoms with Gasteiger partial charge < -0.3 is 5.32 Å². The van der Waals surface area contributed by atoms with Gasteiger partial charge in [0.2, 0.25) is 17.5 Å². The third kappa shape index (κ3) is 4.22. The zero-order valence-electron chi connectivity index (χ0n) is 16.7. The van der Waals surface area contributed by atoms with Gasteiger partial charge in [-0.1, -0.05) is 24.3 Å². The molecule has 1 aliphatic rings. The van der Waals surface area contributed by atoms with Crippen LogP contribution in [0.15, 0.2) is 65.6 Å². The SMILES string of the molecule is Cc1cc(C)nc(NS(=O)(=O)c2ccc(NC3=CC(=O)C(=O)c4ccccc43)cc2)n1. The maximum Gasteiger partial charge on any atom is 0.264 e. The van der Waals surface area contributed by atoms with Crippen LogP contribution in [-0.2, 0) is 14.8 Å². The number of carbonyl (C=O) groups is 2. The number of allylic oxidation sites excluding steroid dienone is 1. The smallest absolute Gasteiger partial charge is 0.264 e. The minimum atomic E-state index is -3.88. The van der Waals surface area contributed by atoms with E-state index in [4.69, 9.17) is 0 Å². The van der Waals surface area contributed by atoms with E-state index in [1.165, 1.54) is 18.2 Å². The van der Waals surface area contributed by atoms with E-state index in [0.717, 1.165) is 0 Å². The molecule has 8 nitrogen and oxygen atoms in total. The molecular weight excluding hydrogens is 416 g/mol. The van der Waals surface area contributed by atoms with E-state index < -0.39 is 21.6 Å². The van der Waals surface area contributed by atoms with Gasteiger partial charge in [-0.25, -0.2) is 23.1 Å². The predicted octanol–water partition coefficient (Wildman–Crippen LogP) is 3.11. The van der Waals surface area contributed by atoms with Crippen molar-refractivity contribution in [1.29, 1.82) is 0 Å². The molecule has 0 spiro atoms. The summed E-state index contributed by atoms with van der Waals surface area (Å²) in [7, 11) is -3.88. The number of anilines is 2. The third-order valence-corrected chi connectivity index (χ3v) is 5.96. The van der Waals surface area contributed by atoms with E-state index in [1.807, 2.05) is 0 Å². The number of hydrogen-bond donors (Lipinski definition) is 2. The van der Waals surface area contributed by atoms with Crippen molar-refractivity contribution in [2.45, 2.75) is 18.7 Å². The van der Waals surface area contributed by atoms with Gasteiger partial charge in [-0.3, -0.25) is 9.59 Å². The van der Waals surface area contributed by atoms with Crippen LogP contribution in [0.2, 0.25) is 0 Å². The van der Waals surface area contributed by atoms with Crippen molar-refractivity contribution >= 4 is 38.9 Å². The molecular formula is C22H18N4O4S. The highest BCUT2D eigenvalue weighted by molar-refractivity contribution is 7.92. The fourth-order valence-corrected chi connectivity index (χ4v) is 4.19. The van der Waals surface area contributed by atoms with Gasteiger partial charge in [-0.15, -0.1) is 0 Å². The van der Waals surface area contributed by atoms with Crippen LogP contribution in [0, 0.1) is 13.8 Å². The standard InChI is InChI=1S/C22H18N4O4S/c1-13-11-14(2)24-22(23-13)26-31(29,30)16-9-7-15(8-10-16)25-19-12-20(27)21(28)18-6-4-3-5-17(18)19/h3-12,25H,1-2H3,(H,23,24,26). The summed E-state index contributed by atoms with van der Waals surface area (Å²) in [5.74, 6) is -1.16. The molecule has 0 amide bonds. The lowest BCUT2D eigenvalue weighted by molar-refractivity contribution is -0.111. The molecule has 156 valence electrons. The molecule has 0 fully saturated rings. The summed E-state index contributed by atoms with van der Waals surface area (Å²) in [5, 5.41) is 3.08. The van der Waals surface area contributed by atoms with Crippen molar-refractivity contribution in [2.24, 2.45) is 0 Å². The summed E-state index contributed by atoms with van der Waals surface area (Å²) < 4.78 is 27.7. The summed E-state index contributed by atoms with van der Waals surface area (Å²) in [5.41, 5.74) is 3.27. The van der Waals surface area contributed by atoms with Crippen LogP contribution < -0.4 is 10.0 Å². The van der Waals surface area contributed by atoms with Gasteiger partial charge in [0.25, 0.3) is 10.0 Å². The molecule has 2 aromatic carbocycles. The van der Waals surface area contributed by atoms with Gasteiger partial charge >= 0.3 is 0 Å². The maximum absolute atomic E-state index is 12.7. The summed E-state index contributed by atoms with van der Waals surface area (Å²) in [6.07, 6.45) is 1.24. The van der Waals surface area contributed by atoms with Gasteiger partial charge in [-0.2, -0.15) is 0 Å². The molecule has 4 rings (SSSR count). The van der Waals surface area contributed by atoms with Crippen molar-refractivity contribution in [2.75, 3.05) is 10.0 Å². The lowest BCUT2D eigenvalue weighted by Gasteiger charge is -2.18. The fourth-order valence-electron chi connectivity index (χ4n) is 3.25. The Morgan fingerprint density at radius 2 is 1.45 bits per heavy atom. The summed E-state index contributed by atoms with van der Waals surface area (Å²) >= 11 is 0. The number of benzene rings is 2. The molecule has 0 saturated heterocycles. The molecule has 1 aliphatic carbocycles. The van der Waals surface area contributed by atoms with Gasteiger partial charge in [0.05, 0.1) is 10.6 Å². The van der Waals surface area contributed by atoms with Crippen LogP contribution >= 0.6 is 0 Å². The molecule has 2 N–H and O–H groups in total. The van der Waals surface area contributed by atoms with Crippen LogP contribution in [0.3, 0.4) is 0 Å². The number of nitrogens with zero attached hydrogens (tertiary/aromatic N) is 2. The Hall–Kier alpha value is -3.85. The number of rotatable bonds is 5. The van der Waals surface area contributed by atoms with Crippen LogP contribution in [0.1, 0.15) is 27.3 Å². The highest BCUT2D eigenvalue weighted by Crippen LogP contribution is 2.27. The first-order chi connectivity index (χ1) is 14.7. The molecule has 0 radical (unpaired) electrons. The number of hydrogen-bond acceptors (Lipinski definition) is 7. The monoisotopic (exact) mass is 434 g/mol. The summed E-state index contributed by atoms with van der Waals surface area (Å²) in [6.45, 7) is 3.51. The van der Waals surface area contributed by atoms with Crippen molar-refractivity contribution in [3.8, 4) is 0 Å². The molecule has 0 aliphatic heterocycles. The second kappa shape index (κ2) is 7.77. The van der Waals surface area contributed by atoms with Crippen LogP contribution in [0.4, 0.5) is 11.6 Å². The molecule has 9 heteroatoms. The first kappa shape index (κ1) is 20.4. The van der Waals surface area contributed by atoms with Crippen molar-refractivity contribution < 1.29 is 18.0 Å². The second-order valence-electron chi connectivity index (χ2n) is 7.03. The number of ketones is 2. The zero-order chi connectivity index (χ0) is 22.2. The average molecular weight is 434 g/mol. The molecule has 3 aromatic rings. The van der Waals surface area contributed by atoms with Crippen LogP contribution in [-0.4, -0.2) is 30.0 Å². The van der Waals surface area contributed by atoms with Gasteiger partial charge in [0, 0.05) is 34.3 Å². The number of Topliss-reactive ketones (excluding diaryl/α,β-unsaturated/α-hetero) is 1. The first-order valence-corrected chi connectivity index (χ1v) is 10.8. The van der Waals surface area contributed by atoms with Gasteiger partial charge in [-0.05, 0) is 44.2 Å². The molecule has 31 heavy (non-hydrogen) atoms. The summed E-state index contributed by atoms with van der Waals surface area (Å²) in [6, 6.07) is 14.5. The van der Waals surface area contributed by atoms with Crippen LogP contribution in [0.25, 0.3) is 5.70 Å². The largest absolute Gasteiger partial charge is 0.355 e. The number of sulfonamides is 1. The molecule has 1 aromatic heterocycles. The van der Waals surface area contributed by atoms with Gasteiger partial charge in [0.1, 0.15) is 0 Å². The first-order valence-electron chi connectivity index (χ1n) is 9.35. The van der Waals surface area contributed by atoms with E-state index in [0.29, 0.717) is 33.9 Å². The third-order valence-electron chi connectivity index (χ3n) is 4.61. The van der Waals surface area contributed by atoms with E-state index in [-0.39, 0.29) is 10.8 Å². The Bertz CT molecular complexity index is 1330. The number of carbonyl (C=O) groups excluding carboxylic acids is 2. The highest BCUT2D eigenvalue weighted by atomic mass is 32.2. The van der Waals surface area contributed by atoms with E-state index in [9.17, 15) is 18.0 Å². The quantitative estimate of drug-likeness (QED) is 0.592.